The molecule has 0 aliphatic rings. The van der Waals surface area contributed by atoms with Crippen molar-refractivity contribution in [3.63, 3.8) is 0 Å². The van der Waals surface area contributed by atoms with Gasteiger partial charge < -0.3 is 5.32 Å². The number of thiazole rings is 1. The molecule has 1 aromatic heterocycles. The quantitative estimate of drug-likeness (QED) is 0.691. The summed E-state index contributed by atoms with van der Waals surface area (Å²) < 4.78 is 27.4. The van der Waals surface area contributed by atoms with Gasteiger partial charge in [0.2, 0.25) is 0 Å². The van der Waals surface area contributed by atoms with Crippen LogP contribution in [0.1, 0.15) is 24.0 Å². The molecule has 0 aliphatic carbocycles. The minimum atomic E-state index is -3.41. The lowest BCUT2D eigenvalue weighted by Gasteiger charge is -2.23. The molecule has 0 bridgehead atoms. The van der Waals surface area contributed by atoms with Gasteiger partial charge in [0.25, 0.3) is 10.2 Å². The third-order valence-electron chi connectivity index (χ3n) is 2.92. The van der Waals surface area contributed by atoms with Crippen LogP contribution in [0.3, 0.4) is 0 Å². The van der Waals surface area contributed by atoms with Crippen molar-refractivity contribution in [2.45, 2.75) is 26.8 Å². The van der Waals surface area contributed by atoms with Gasteiger partial charge in [0.05, 0.1) is 17.2 Å². The van der Waals surface area contributed by atoms with Gasteiger partial charge in [-0.2, -0.15) is 17.0 Å². The molecular weight excluding hydrogens is 296 g/mol. The average molecular weight is 320 g/mol. The number of nitrogens with one attached hydrogen (secondary N) is 1. The van der Waals surface area contributed by atoms with E-state index in [2.05, 4.69) is 10.3 Å². The summed E-state index contributed by atoms with van der Waals surface area (Å²) in [5.74, 6) is 0. The van der Waals surface area contributed by atoms with Crippen LogP contribution in [0.15, 0.2) is 5.38 Å². The molecule has 1 heterocycles. The standard InChI is InChI=1S/C12H24N4O2S2/c1-5-13-7-6-8-15(3)20(17,18)16(4)9-12-10-19-11(2)14-12/h10,13H,5-9H2,1-4H3. The lowest BCUT2D eigenvalue weighted by atomic mass is 10.4. The summed E-state index contributed by atoms with van der Waals surface area (Å²) in [4.78, 5) is 4.29. The Balaban J connectivity index is 2.53. The second-order valence-electron chi connectivity index (χ2n) is 4.65. The number of hydrogen-bond acceptors (Lipinski definition) is 5. The highest BCUT2D eigenvalue weighted by Crippen LogP contribution is 2.13. The maximum Gasteiger partial charge on any atom is 0.281 e. The van der Waals surface area contributed by atoms with Gasteiger partial charge in [-0.05, 0) is 26.4 Å². The smallest absolute Gasteiger partial charge is 0.281 e. The normalized spacial score (nSPS) is 12.5. The summed E-state index contributed by atoms with van der Waals surface area (Å²) in [7, 11) is -0.208. The summed E-state index contributed by atoms with van der Waals surface area (Å²) in [6, 6.07) is 0. The lowest BCUT2D eigenvalue weighted by Crippen LogP contribution is -2.40. The van der Waals surface area contributed by atoms with Gasteiger partial charge in [0.15, 0.2) is 0 Å². The van der Waals surface area contributed by atoms with Crippen molar-refractivity contribution in [1.29, 1.82) is 0 Å². The highest BCUT2D eigenvalue weighted by molar-refractivity contribution is 7.86. The predicted molar refractivity (Wildman–Crippen MR) is 83.0 cm³/mol. The van der Waals surface area contributed by atoms with Gasteiger partial charge in [-0.3, -0.25) is 0 Å². The van der Waals surface area contributed by atoms with Crippen molar-refractivity contribution in [1.82, 2.24) is 18.9 Å². The van der Waals surface area contributed by atoms with Crippen LogP contribution in [-0.2, 0) is 16.8 Å². The molecule has 0 saturated heterocycles. The monoisotopic (exact) mass is 320 g/mol. The molecule has 1 N–H and O–H groups in total. The zero-order valence-electron chi connectivity index (χ0n) is 12.6. The van der Waals surface area contributed by atoms with Gasteiger partial charge in [0, 0.05) is 26.0 Å². The number of rotatable bonds is 9. The van der Waals surface area contributed by atoms with Crippen molar-refractivity contribution in [2.24, 2.45) is 0 Å². The van der Waals surface area contributed by atoms with Crippen LogP contribution in [-0.4, -0.2) is 55.7 Å². The first-order chi connectivity index (χ1) is 9.37. The van der Waals surface area contributed by atoms with Gasteiger partial charge >= 0.3 is 0 Å². The van der Waals surface area contributed by atoms with Crippen LogP contribution in [0.25, 0.3) is 0 Å². The highest BCUT2D eigenvalue weighted by atomic mass is 32.2. The van der Waals surface area contributed by atoms with E-state index >= 15 is 0 Å². The minimum Gasteiger partial charge on any atom is -0.317 e. The Kier molecular flexibility index (Phi) is 7.04. The van der Waals surface area contributed by atoms with E-state index in [4.69, 9.17) is 0 Å². The molecule has 0 saturated carbocycles. The molecular formula is C12H24N4O2S2. The Hall–Kier alpha value is -0.540. The van der Waals surface area contributed by atoms with Crippen LogP contribution in [0.5, 0.6) is 0 Å². The zero-order valence-corrected chi connectivity index (χ0v) is 14.2. The molecule has 0 spiro atoms. The topological polar surface area (TPSA) is 65.5 Å². The number of aromatic nitrogens is 1. The van der Waals surface area contributed by atoms with Gasteiger partial charge in [-0.1, -0.05) is 6.92 Å². The summed E-state index contributed by atoms with van der Waals surface area (Å²) in [5, 5.41) is 6.03. The number of nitrogens with zero attached hydrogens (tertiary/aromatic N) is 3. The fourth-order valence-electron chi connectivity index (χ4n) is 1.75. The first-order valence-corrected chi connectivity index (χ1v) is 8.95. The molecule has 0 unspecified atom stereocenters. The first kappa shape index (κ1) is 17.5. The summed E-state index contributed by atoms with van der Waals surface area (Å²) in [5.41, 5.74) is 0.791. The van der Waals surface area contributed by atoms with Gasteiger partial charge in [0.1, 0.15) is 0 Å². The van der Waals surface area contributed by atoms with Crippen LogP contribution >= 0.6 is 11.3 Å². The van der Waals surface area contributed by atoms with Gasteiger partial charge in [-0.25, -0.2) is 4.98 Å². The van der Waals surface area contributed by atoms with Crippen molar-refractivity contribution in [3.8, 4) is 0 Å². The third-order valence-corrected chi connectivity index (χ3v) is 5.62. The maximum atomic E-state index is 12.3. The Morgan fingerprint density at radius 1 is 1.35 bits per heavy atom. The molecule has 1 rings (SSSR count). The summed E-state index contributed by atoms with van der Waals surface area (Å²) in [6.07, 6.45) is 0.799. The fourth-order valence-corrected chi connectivity index (χ4v) is 3.48. The summed E-state index contributed by atoms with van der Waals surface area (Å²) >= 11 is 1.53. The molecule has 6 nitrogen and oxygen atoms in total. The highest BCUT2D eigenvalue weighted by Gasteiger charge is 2.23. The zero-order chi connectivity index (χ0) is 15.2. The Morgan fingerprint density at radius 3 is 2.60 bits per heavy atom. The maximum absolute atomic E-state index is 12.3. The van der Waals surface area contributed by atoms with Crippen molar-refractivity contribution < 1.29 is 8.42 Å². The van der Waals surface area contributed by atoms with Crippen molar-refractivity contribution in [2.75, 3.05) is 33.7 Å². The van der Waals surface area contributed by atoms with E-state index < -0.39 is 10.2 Å². The second-order valence-corrected chi connectivity index (χ2v) is 7.85. The van der Waals surface area contributed by atoms with Crippen LogP contribution in [0.2, 0.25) is 0 Å². The van der Waals surface area contributed by atoms with Gasteiger partial charge in [-0.15, -0.1) is 11.3 Å². The molecule has 8 heteroatoms. The molecule has 1 aromatic rings. The van der Waals surface area contributed by atoms with Crippen molar-refractivity contribution in [3.05, 3.63) is 16.1 Å². The molecule has 116 valence electrons. The lowest BCUT2D eigenvalue weighted by molar-refractivity contribution is 0.382. The van der Waals surface area contributed by atoms with E-state index in [9.17, 15) is 8.42 Å². The third kappa shape index (κ3) is 5.10. The first-order valence-electron chi connectivity index (χ1n) is 6.67. The molecule has 0 aromatic carbocycles. The van der Waals surface area contributed by atoms with Crippen LogP contribution in [0, 0.1) is 6.92 Å². The van der Waals surface area contributed by atoms with E-state index in [1.165, 1.54) is 19.9 Å². The van der Waals surface area contributed by atoms with E-state index in [-0.39, 0.29) is 0 Å². The van der Waals surface area contributed by atoms with Crippen LogP contribution in [0.4, 0.5) is 0 Å². The average Bonchev–Trinajstić information content (AvgIpc) is 2.79. The predicted octanol–water partition coefficient (Wildman–Crippen LogP) is 1.06. The SMILES string of the molecule is CCNCCCN(C)S(=O)(=O)N(C)Cc1csc(C)n1. The molecule has 0 fully saturated rings. The minimum absolute atomic E-state index is 0.310. The van der Waals surface area contributed by atoms with Crippen molar-refractivity contribution >= 4 is 21.5 Å². The molecule has 0 atom stereocenters. The molecule has 0 aliphatic heterocycles. The van der Waals surface area contributed by atoms with Crippen LogP contribution < -0.4 is 5.32 Å². The van der Waals surface area contributed by atoms with E-state index in [1.54, 1.807) is 14.1 Å². The molecule has 0 radical (unpaired) electrons. The number of hydrogen-bond donors (Lipinski definition) is 1. The largest absolute Gasteiger partial charge is 0.317 e. The Bertz CT molecular complexity index is 501. The van der Waals surface area contributed by atoms with E-state index in [0.717, 1.165) is 30.2 Å². The fraction of sp³-hybridized carbons (Fsp3) is 0.750. The molecule has 0 amide bonds. The Labute approximate surface area is 126 Å². The summed E-state index contributed by atoms with van der Waals surface area (Å²) in [6.45, 7) is 6.49. The van der Waals surface area contributed by atoms with E-state index in [1.807, 2.05) is 19.2 Å². The van der Waals surface area contributed by atoms with E-state index in [0.29, 0.717) is 13.1 Å². The number of aryl methyl sites for hydroxylation is 1. The molecule has 20 heavy (non-hydrogen) atoms. The second kappa shape index (κ2) is 8.04. The Morgan fingerprint density at radius 2 is 2.05 bits per heavy atom.